The van der Waals surface area contributed by atoms with Gasteiger partial charge in [0.15, 0.2) is 10.1 Å². The van der Waals surface area contributed by atoms with Gasteiger partial charge in [-0.1, -0.05) is 95.0 Å². The number of hydrogen-bond donors (Lipinski definition) is 0. The van der Waals surface area contributed by atoms with E-state index in [-0.39, 0.29) is 78.9 Å². The average Bonchev–Trinajstić information content (AvgIpc) is 2.83. The molecule has 1 atom stereocenters. The second-order valence-corrected chi connectivity index (χ2v) is 11.5. The summed E-state index contributed by atoms with van der Waals surface area (Å²) in [6.45, 7) is 5.13. The van der Waals surface area contributed by atoms with Crippen LogP contribution < -0.4 is 59.1 Å². The molecule has 39 heavy (non-hydrogen) atoms. The molecule has 0 radical (unpaired) electrons. The summed E-state index contributed by atoms with van der Waals surface area (Å²) in [6, 6.07) is 10.9. The van der Waals surface area contributed by atoms with Crippen molar-refractivity contribution in [1.29, 1.82) is 0 Å². The quantitative estimate of drug-likeness (QED) is 0.0811. The first-order valence-corrected chi connectivity index (χ1v) is 16.2. The molecule has 1 unspecified atom stereocenters. The average molecular weight is 613 g/mol. The van der Waals surface area contributed by atoms with Crippen molar-refractivity contribution in [2.75, 3.05) is 19.8 Å². The van der Waals surface area contributed by atoms with Gasteiger partial charge in [-0.25, -0.2) is 16.8 Å². The molecule has 0 aliphatic heterocycles. The van der Waals surface area contributed by atoms with Crippen LogP contribution in [0.5, 0.6) is 0 Å². The fraction of sp³-hybridized carbons (Fsp3) is 0.769. The number of rotatable bonds is 20. The molecule has 0 saturated heterocycles. The molecule has 1 aromatic rings. The van der Waals surface area contributed by atoms with Crippen molar-refractivity contribution in [2.24, 2.45) is 0 Å². The van der Waals surface area contributed by atoms with Crippen LogP contribution in [-0.4, -0.2) is 56.3 Å². The minimum Gasteiger partial charge on any atom is -0.746 e. The van der Waals surface area contributed by atoms with Crippen LogP contribution in [0.2, 0.25) is 0 Å². The van der Waals surface area contributed by atoms with Gasteiger partial charge in [0.05, 0.1) is 0 Å². The molecule has 1 rings (SSSR count). The summed E-state index contributed by atoms with van der Waals surface area (Å²) in [4.78, 5) is 0. The molecule has 0 bridgehead atoms. The molecule has 0 aromatic heterocycles. The number of unbranched alkanes of at least 4 members (excludes halogenated alkanes) is 9. The van der Waals surface area contributed by atoms with E-state index < -0.39 is 30.8 Å². The molecule has 0 heterocycles. The smallest absolute Gasteiger partial charge is 0.746 e. The number of ether oxygens (including phenoxy) is 3. The van der Waals surface area contributed by atoms with E-state index in [9.17, 15) is 25.9 Å². The molecule has 218 valence electrons. The Hall–Kier alpha value is 0.920. The molecule has 0 aliphatic rings. The van der Waals surface area contributed by atoms with Crippen molar-refractivity contribution in [3.63, 3.8) is 0 Å². The maximum Gasteiger partial charge on any atom is 1.00 e. The fourth-order valence-electron chi connectivity index (χ4n) is 3.82. The van der Waals surface area contributed by atoms with Gasteiger partial charge in [0, 0.05) is 19.8 Å². The fourth-order valence-corrected chi connectivity index (χ4v) is 6.14. The predicted molar refractivity (Wildman–Crippen MR) is 143 cm³/mol. The van der Waals surface area contributed by atoms with Gasteiger partial charge in [-0.2, -0.15) is 0 Å². The zero-order chi connectivity index (χ0) is 28.2. The van der Waals surface area contributed by atoms with Gasteiger partial charge in [0.2, 0.25) is 5.44 Å². The number of benzene rings is 1. The standard InChI is InChI=1S/C18H30.C8H18O9S2.2Na/c1-2-3-4-5-6-7-8-9-10-12-15-18-16-13-11-14-17-18;1-4-15-7(18(9,10)11)8(16-5-2,17-6-3)19(12,13)14;;/h11,13-14,16-17H,2-10,12,15H2,1H3;7H,4-6H2,1-3H3,(H,9,10,11)(H,12,13,14);;/q;;2*+1/p-2. The molecule has 0 aliphatic carbocycles. The first-order valence-electron chi connectivity index (χ1n) is 13.3. The summed E-state index contributed by atoms with van der Waals surface area (Å²) in [5.74, 6) is 0. The third kappa shape index (κ3) is 18.9. The van der Waals surface area contributed by atoms with E-state index in [0.717, 1.165) is 0 Å². The van der Waals surface area contributed by atoms with Crippen molar-refractivity contribution in [3.05, 3.63) is 35.9 Å². The third-order valence-electron chi connectivity index (χ3n) is 5.57. The molecule has 0 spiro atoms. The van der Waals surface area contributed by atoms with E-state index in [1.165, 1.54) is 97.0 Å². The van der Waals surface area contributed by atoms with Crippen molar-refractivity contribution in [1.82, 2.24) is 0 Å². The molecule has 0 saturated carbocycles. The van der Waals surface area contributed by atoms with Crippen LogP contribution in [0.1, 0.15) is 97.5 Å². The van der Waals surface area contributed by atoms with Gasteiger partial charge in [-0.05, 0) is 39.2 Å². The molecule has 9 nitrogen and oxygen atoms in total. The summed E-state index contributed by atoms with van der Waals surface area (Å²) in [5.41, 5.74) is -1.11. The van der Waals surface area contributed by atoms with E-state index in [4.69, 9.17) is 0 Å². The topological polar surface area (TPSA) is 142 Å². The van der Waals surface area contributed by atoms with Crippen molar-refractivity contribution >= 4 is 20.2 Å². The van der Waals surface area contributed by atoms with Gasteiger partial charge in [-0.3, -0.25) is 0 Å². The van der Waals surface area contributed by atoms with E-state index >= 15 is 0 Å². The van der Waals surface area contributed by atoms with Gasteiger partial charge in [0.1, 0.15) is 10.1 Å². The molecular formula is C26H46Na2O9S2. The van der Waals surface area contributed by atoms with Gasteiger partial charge in [0.25, 0.3) is 0 Å². The number of hydrogen-bond acceptors (Lipinski definition) is 9. The van der Waals surface area contributed by atoms with Crippen molar-refractivity contribution in [3.8, 4) is 0 Å². The Morgan fingerprint density at radius 2 is 1.13 bits per heavy atom. The molecule has 0 N–H and O–H groups in total. The first-order chi connectivity index (χ1) is 17.5. The van der Waals surface area contributed by atoms with Crippen LogP contribution in [-0.2, 0) is 40.9 Å². The summed E-state index contributed by atoms with van der Waals surface area (Å²) in [7, 11) is -10.8. The molecule has 1 aromatic carbocycles. The maximum absolute atomic E-state index is 11.3. The zero-order valence-electron chi connectivity index (χ0n) is 24.9. The van der Waals surface area contributed by atoms with Crippen LogP contribution in [0.4, 0.5) is 0 Å². The Balaban J connectivity index is -0.000000633. The monoisotopic (exact) mass is 612 g/mol. The zero-order valence-corrected chi connectivity index (χ0v) is 30.5. The molecule has 0 fully saturated rings. The minimum atomic E-state index is -5.45. The van der Waals surface area contributed by atoms with Gasteiger partial charge < -0.3 is 23.3 Å². The van der Waals surface area contributed by atoms with Gasteiger partial charge in [-0.15, -0.1) is 0 Å². The van der Waals surface area contributed by atoms with E-state index in [1.807, 2.05) is 0 Å². The van der Waals surface area contributed by atoms with E-state index in [2.05, 4.69) is 51.5 Å². The summed E-state index contributed by atoms with van der Waals surface area (Å²) >= 11 is 0. The van der Waals surface area contributed by atoms with Gasteiger partial charge >= 0.3 is 64.2 Å². The Kier molecular flexibility index (Phi) is 28.9. The molecular weight excluding hydrogens is 566 g/mol. The Bertz CT molecular complexity index is 893. The van der Waals surface area contributed by atoms with Crippen LogP contribution in [0.15, 0.2) is 30.3 Å². The largest absolute Gasteiger partial charge is 1.00 e. The molecule has 13 heteroatoms. The Labute approximate surface area is 281 Å². The van der Waals surface area contributed by atoms with Crippen LogP contribution in [0.3, 0.4) is 0 Å². The van der Waals surface area contributed by atoms with Crippen LogP contribution >= 0.6 is 0 Å². The Morgan fingerprint density at radius 3 is 1.49 bits per heavy atom. The van der Waals surface area contributed by atoms with Crippen LogP contribution in [0, 0.1) is 0 Å². The second kappa shape index (κ2) is 25.4. The summed E-state index contributed by atoms with van der Waals surface area (Å²) in [5, 5.41) is -3.22. The summed E-state index contributed by atoms with van der Waals surface area (Å²) < 4.78 is 81.2. The third-order valence-corrected chi connectivity index (χ3v) is 7.84. The van der Waals surface area contributed by atoms with Crippen molar-refractivity contribution < 1.29 is 99.3 Å². The van der Waals surface area contributed by atoms with Crippen LogP contribution in [0.25, 0.3) is 0 Å². The SMILES string of the molecule is CCCCCCCCCCCCc1ccccc1.CCOC(C(OCC)(OCC)S(=O)(=O)[O-])S(=O)(=O)[O-].[Na+].[Na+]. The molecule has 0 amide bonds. The maximum atomic E-state index is 11.3. The van der Waals surface area contributed by atoms with E-state index in [0.29, 0.717) is 0 Å². The predicted octanol–water partition coefficient (Wildman–Crippen LogP) is -0.676. The van der Waals surface area contributed by atoms with Crippen molar-refractivity contribution in [2.45, 2.75) is 109 Å². The second-order valence-electron chi connectivity index (χ2n) is 8.62. The summed E-state index contributed by atoms with van der Waals surface area (Å²) in [6.07, 6.45) is 15.5. The number of aryl methyl sites for hydroxylation is 1. The van der Waals surface area contributed by atoms with E-state index in [1.54, 1.807) is 0 Å². The minimum absolute atomic E-state index is 0. The normalized spacial score (nSPS) is 12.5. The first kappa shape index (κ1) is 44.4. The Morgan fingerprint density at radius 1 is 0.692 bits per heavy atom.